The highest BCUT2D eigenvalue weighted by atomic mass is 32.1. The van der Waals surface area contributed by atoms with Gasteiger partial charge in [-0.25, -0.2) is 14.8 Å². The van der Waals surface area contributed by atoms with Gasteiger partial charge in [-0.1, -0.05) is 6.92 Å². The number of hydrogen-bond donors (Lipinski definition) is 2. The highest BCUT2D eigenvalue weighted by Gasteiger charge is 2.06. The van der Waals surface area contributed by atoms with Crippen molar-refractivity contribution >= 4 is 23.1 Å². The number of carboxylic acids is 1. The van der Waals surface area contributed by atoms with Gasteiger partial charge in [0.1, 0.15) is 5.82 Å². The van der Waals surface area contributed by atoms with Crippen LogP contribution in [0.5, 0.6) is 0 Å². The first-order chi connectivity index (χ1) is 8.70. The Labute approximate surface area is 109 Å². The Morgan fingerprint density at radius 3 is 2.89 bits per heavy atom. The molecule has 0 aliphatic rings. The largest absolute Gasteiger partial charge is 0.476 e. The first-order valence-corrected chi connectivity index (χ1v) is 6.43. The van der Waals surface area contributed by atoms with Gasteiger partial charge in [-0.3, -0.25) is 0 Å². The van der Waals surface area contributed by atoms with Crippen LogP contribution in [0, 0.1) is 0 Å². The molecule has 0 aromatic carbocycles. The van der Waals surface area contributed by atoms with Crippen LogP contribution in [0.25, 0.3) is 0 Å². The molecule has 2 rings (SSSR count). The number of aromatic carboxylic acids is 1. The minimum Gasteiger partial charge on any atom is -0.476 e. The fraction of sp³-hybridized carbons (Fsp3) is 0.250. The molecule has 0 unspecified atom stereocenters. The topological polar surface area (TPSA) is 75.1 Å². The van der Waals surface area contributed by atoms with Crippen molar-refractivity contribution in [2.75, 3.05) is 5.32 Å². The number of nitrogens with zero attached hydrogens (tertiary/aromatic N) is 2. The summed E-state index contributed by atoms with van der Waals surface area (Å²) >= 11 is 1.70. The number of anilines is 1. The van der Waals surface area contributed by atoms with Crippen molar-refractivity contribution < 1.29 is 9.90 Å². The summed E-state index contributed by atoms with van der Waals surface area (Å²) in [4.78, 5) is 19.7. The summed E-state index contributed by atoms with van der Waals surface area (Å²) in [5, 5.41) is 13.9. The Bertz CT molecular complexity index is 537. The molecular weight excluding hydrogens is 250 g/mol. The van der Waals surface area contributed by atoms with Crippen molar-refractivity contribution in [3.63, 3.8) is 0 Å². The van der Waals surface area contributed by atoms with Gasteiger partial charge in [0.2, 0.25) is 0 Å². The molecule has 0 radical (unpaired) electrons. The van der Waals surface area contributed by atoms with Crippen molar-refractivity contribution in [1.29, 1.82) is 0 Å². The van der Waals surface area contributed by atoms with E-state index in [-0.39, 0.29) is 5.69 Å². The molecule has 0 aliphatic heterocycles. The van der Waals surface area contributed by atoms with E-state index in [0.29, 0.717) is 12.4 Å². The number of hydrogen-bond acceptors (Lipinski definition) is 5. The molecule has 6 heteroatoms. The van der Waals surface area contributed by atoms with E-state index in [1.807, 2.05) is 0 Å². The summed E-state index contributed by atoms with van der Waals surface area (Å²) in [6.07, 6.45) is 3.69. The van der Waals surface area contributed by atoms with Crippen molar-refractivity contribution in [2.24, 2.45) is 0 Å². The van der Waals surface area contributed by atoms with Gasteiger partial charge in [-0.15, -0.1) is 11.3 Å². The molecule has 0 saturated carbocycles. The fourth-order valence-corrected chi connectivity index (χ4v) is 2.45. The lowest BCUT2D eigenvalue weighted by molar-refractivity contribution is 0.0690. The van der Waals surface area contributed by atoms with Crippen molar-refractivity contribution in [3.05, 3.63) is 40.0 Å². The number of aromatic nitrogens is 2. The Balaban J connectivity index is 2.00. The fourth-order valence-electron chi connectivity index (χ4n) is 1.54. The van der Waals surface area contributed by atoms with E-state index < -0.39 is 5.97 Å². The summed E-state index contributed by atoms with van der Waals surface area (Å²) < 4.78 is 0. The lowest BCUT2D eigenvalue weighted by Gasteiger charge is -2.05. The van der Waals surface area contributed by atoms with Crippen LogP contribution in [0.15, 0.2) is 23.8 Å². The third-order valence-electron chi connectivity index (χ3n) is 2.52. The number of carboxylic acid groups (broad SMARTS) is 1. The number of rotatable bonds is 5. The van der Waals surface area contributed by atoms with Crippen LogP contribution in [0.2, 0.25) is 0 Å². The van der Waals surface area contributed by atoms with Crippen LogP contribution in [0.3, 0.4) is 0 Å². The second-order valence-corrected chi connectivity index (χ2v) is 4.67. The van der Waals surface area contributed by atoms with Crippen molar-refractivity contribution in [3.8, 4) is 0 Å². The average Bonchev–Trinajstić information content (AvgIpc) is 2.84. The number of aryl methyl sites for hydroxylation is 1. The van der Waals surface area contributed by atoms with Gasteiger partial charge in [0, 0.05) is 4.88 Å². The van der Waals surface area contributed by atoms with Gasteiger partial charge < -0.3 is 10.4 Å². The van der Waals surface area contributed by atoms with Gasteiger partial charge in [-0.05, 0) is 23.4 Å². The smallest absolute Gasteiger partial charge is 0.356 e. The van der Waals surface area contributed by atoms with Gasteiger partial charge >= 0.3 is 5.97 Å². The summed E-state index contributed by atoms with van der Waals surface area (Å²) in [5.74, 6) is -0.490. The third kappa shape index (κ3) is 2.84. The normalized spacial score (nSPS) is 10.3. The van der Waals surface area contributed by atoms with Crippen LogP contribution in [0.4, 0.5) is 5.82 Å². The van der Waals surface area contributed by atoms with Crippen LogP contribution in [-0.4, -0.2) is 21.0 Å². The molecule has 2 heterocycles. The van der Waals surface area contributed by atoms with Crippen LogP contribution >= 0.6 is 11.3 Å². The molecule has 0 aliphatic carbocycles. The Morgan fingerprint density at radius 2 is 2.28 bits per heavy atom. The zero-order valence-corrected chi connectivity index (χ0v) is 10.7. The molecule has 0 fully saturated rings. The van der Waals surface area contributed by atoms with E-state index in [1.165, 1.54) is 22.8 Å². The van der Waals surface area contributed by atoms with E-state index >= 15 is 0 Å². The molecule has 94 valence electrons. The molecule has 0 spiro atoms. The van der Waals surface area contributed by atoms with Crippen LogP contribution < -0.4 is 5.32 Å². The SMILES string of the molecule is CCc1ccsc1CNc1cnc(C(=O)O)cn1. The second kappa shape index (κ2) is 5.59. The molecule has 0 saturated heterocycles. The minimum atomic E-state index is -1.07. The first-order valence-electron chi connectivity index (χ1n) is 5.55. The average molecular weight is 263 g/mol. The molecule has 18 heavy (non-hydrogen) atoms. The predicted octanol–water partition coefficient (Wildman–Crippen LogP) is 2.41. The van der Waals surface area contributed by atoms with Crippen LogP contribution in [0.1, 0.15) is 27.9 Å². The van der Waals surface area contributed by atoms with E-state index in [4.69, 9.17) is 5.11 Å². The minimum absolute atomic E-state index is 0.0501. The zero-order valence-electron chi connectivity index (χ0n) is 9.88. The third-order valence-corrected chi connectivity index (χ3v) is 3.48. The predicted molar refractivity (Wildman–Crippen MR) is 70.0 cm³/mol. The summed E-state index contributed by atoms with van der Waals surface area (Å²) in [6.45, 7) is 2.80. The Hall–Kier alpha value is -1.95. The van der Waals surface area contributed by atoms with Gasteiger partial charge in [0.25, 0.3) is 0 Å². The molecule has 2 aromatic heterocycles. The second-order valence-electron chi connectivity index (χ2n) is 3.67. The molecule has 5 nitrogen and oxygen atoms in total. The van der Waals surface area contributed by atoms with E-state index in [0.717, 1.165) is 6.42 Å². The maximum Gasteiger partial charge on any atom is 0.356 e. The number of carbonyl (C=O) groups is 1. The summed E-state index contributed by atoms with van der Waals surface area (Å²) in [5.41, 5.74) is 1.27. The first kappa shape index (κ1) is 12.5. The Morgan fingerprint density at radius 1 is 1.44 bits per heavy atom. The lowest BCUT2D eigenvalue weighted by atomic mass is 10.2. The molecule has 0 amide bonds. The summed E-state index contributed by atoms with van der Waals surface area (Å²) in [6, 6.07) is 2.11. The molecule has 2 aromatic rings. The Kier molecular flexibility index (Phi) is 3.88. The van der Waals surface area contributed by atoms with Gasteiger partial charge in [0.15, 0.2) is 5.69 Å². The molecular formula is C12H13N3O2S. The van der Waals surface area contributed by atoms with Crippen molar-refractivity contribution in [2.45, 2.75) is 19.9 Å². The lowest BCUT2D eigenvalue weighted by Crippen LogP contribution is -2.05. The molecule has 2 N–H and O–H groups in total. The number of thiophene rings is 1. The van der Waals surface area contributed by atoms with Gasteiger partial charge in [-0.2, -0.15) is 0 Å². The monoisotopic (exact) mass is 263 g/mol. The zero-order chi connectivity index (χ0) is 13.0. The van der Waals surface area contributed by atoms with Gasteiger partial charge in [0.05, 0.1) is 18.9 Å². The van der Waals surface area contributed by atoms with Crippen molar-refractivity contribution in [1.82, 2.24) is 9.97 Å². The standard InChI is InChI=1S/C12H13N3O2S/c1-2-8-3-4-18-10(8)6-15-11-7-13-9(5-14-11)12(16)17/h3-5,7H,2,6H2,1H3,(H,14,15)(H,16,17). The summed E-state index contributed by atoms with van der Waals surface area (Å²) in [7, 11) is 0. The highest BCUT2D eigenvalue weighted by molar-refractivity contribution is 7.10. The van der Waals surface area contributed by atoms with E-state index in [9.17, 15) is 4.79 Å². The maximum absolute atomic E-state index is 10.6. The van der Waals surface area contributed by atoms with Crippen LogP contribution in [-0.2, 0) is 13.0 Å². The van der Waals surface area contributed by atoms with E-state index in [1.54, 1.807) is 11.3 Å². The maximum atomic E-state index is 10.6. The highest BCUT2D eigenvalue weighted by Crippen LogP contribution is 2.18. The molecule has 0 atom stereocenters. The quantitative estimate of drug-likeness (QED) is 0.866. The number of nitrogens with one attached hydrogen (secondary N) is 1. The van der Waals surface area contributed by atoms with E-state index in [2.05, 4.69) is 33.7 Å². The molecule has 0 bridgehead atoms.